The standard InChI is InChI=1S/C24H20ClNO5S.C12H13NO2.ClH/c25-19-10-6-16(7-11-19)17-8-12-20(13-9-17)32(29,30)26-15-14-21-22(18-4-2-1-3-5-18)24(21,26)23(27)31-28;14-11(15)12-9(6-7-13-12)10(12)8-4-2-1-3-5-8;/h1-13,21-22,28H,14-15H2;1-5,9-10,13H,6-7H2,(H,14,15);1H. The van der Waals surface area contributed by atoms with Crippen molar-refractivity contribution in [3.8, 4) is 11.1 Å². The minimum absolute atomic E-state index is 0. The van der Waals surface area contributed by atoms with Crippen LogP contribution >= 0.6 is 24.0 Å². The fraction of sp³-hybridized carbons (Fsp3) is 0.278. The van der Waals surface area contributed by atoms with Crippen molar-refractivity contribution < 1.29 is 33.3 Å². The maximum absolute atomic E-state index is 13.6. The lowest BCUT2D eigenvalue weighted by atomic mass is 10.1. The molecule has 4 aliphatic rings. The van der Waals surface area contributed by atoms with Gasteiger partial charge in [0.2, 0.25) is 10.0 Å². The van der Waals surface area contributed by atoms with E-state index in [9.17, 15) is 28.4 Å². The molecule has 2 heterocycles. The normalized spacial score (nSPS) is 28.1. The zero-order valence-electron chi connectivity index (χ0n) is 25.6. The first-order chi connectivity index (χ1) is 22.7. The van der Waals surface area contributed by atoms with Crippen LogP contribution in [-0.4, -0.2) is 59.2 Å². The molecule has 6 atom stereocenters. The highest BCUT2D eigenvalue weighted by Gasteiger charge is 2.79. The maximum atomic E-state index is 13.6. The van der Waals surface area contributed by atoms with Gasteiger partial charge >= 0.3 is 11.9 Å². The monoisotopic (exact) mass is 708 g/mol. The summed E-state index contributed by atoms with van der Waals surface area (Å²) in [7, 11) is -4.01. The highest BCUT2D eigenvalue weighted by atomic mass is 35.5. The van der Waals surface area contributed by atoms with E-state index in [1.165, 1.54) is 16.4 Å². The molecule has 0 spiro atoms. The molecule has 6 unspecified atom stereocenters. The van der Waals surface area contributed by atoms with E-state index < -0.39 is 33.0 Å². The van der Waals surface area contributed by atoms with Crippen molar-refractivity contribution in [3.63, 3.8) is 0 Å². The van der Waals surface area contributed by atoms with Crippen LogP contribution in [0.25, 0.3) is 11.1 Å². The van der Waals surface area contributed by atoms with E-state index in [-0.39, 0.29) is 47.5 Å². The van der Waals surface area contributed by atoms with Crippen LogP contribution in [0, 0.1) is 11.8 Å². The predicted molar refractivity (Wildman–Crippen MR) is 182 cm³/mol. The number of halogens is 2. The summed E-state index contributed by atoms with van der Waals surface area (Å²) in [5.74, 6) is -1.77. The number of carboxylic acid groups (broad SMARTS) is 1. The number of carboxylic acids is 1. The lowest BCUT2D eigenvalue weighted by molar-refractivity contribution is -0.239. The number of nitrogens with zero attached hydrogens (tertiary/aromatic N) is 1. The summed E-state index contributed by atoms with van der Waals surface area (Å²) in [5.41, 5.74) is 1.67. The summed E-state index contributed by atoms with van der Waals surface area (Å²) in [4.78, 5) is 28.2. The average Bonchev–Trinajstić information content (AvgIpc) is 3.79. The molecular weight excluding hydrogens is 675 g/mol. The fourth-order valence-electron chi connectivity index (χ4n) is 8.17. The summed E-state index contributed by atoms with van der Waals surface area (Å²) < 4.78 is 28.4. The van der Waals surface area contributed by atoms with Gasteiger partial charge < -0.3 is 10.4 Å². The van der Waals surface area contributed by atoms with Gasteiger partial charge in [-0.05, 0) is 71.8 Å². The Morgan fingerprint density at radius 1 is 0.792 bits per heavy atom. The summed E-state index contributed by atoms with van der Waals surface area (Å²) in [6.07, 6.45) is 1.49. The van der Waals surface area contributed by atoms with Crippen molar-refractivity contribution in [3.05, 3.63) is 125 Å². The lowest BCUT2D eigenvalue weighted by Gasteiger charge is -2.27. The Balaban J connectivity index is 0.000000209. The molecule has 2 aliphatic carbocycles. The second-order valence-corrected chi connectivity index (χ2v) is 14.8. The first kappa shape index (κ1) is 34.1. The van der Waals surface area contributed by atoms with Gasteiger partial charge in [0.25, 0.3) is 0 Å². The molecule has 4 fully saturated rings. The molecular formula is C36H34Cl2N2O7S. The van der Waals surface area contributed by atoms with Crippen molar-refractivity contribution in [1.29, 1.82) is 0 Å². The highest BCUT2D eigenvalue weighted by molar-refractivity contribution is 7.89. The first-order valence-electron chi connectivity index (χ1n) is 15.5. The summed E-state index contributed by atoms with van der Waals surface area (Å²) in [5, 5.41) is 22.3. The number of carbonyl (C=O) groups is 2. The third-order valence-electron chi connectivity index (χ3n) is 10.3. The Bertz CT molecular complexity index is 1910. The fourth-order valence-corrected chi connectivity index (χ4v) is 10.1. The van der Waals surface area contributed by atoms with Crippen molar-refractivity contribution in [2.75, 3.05) is 13.1 Å². The van der Waals surface area contributed by atoms with Crippen molar-refractivity contribution in [2.45, 2.75) is 40.7 Å². The van der Waals surface area contributed by atoms with Crippen LogP contribution in [0.2, 0.25) is 5.02 Å². The van der Waals surface area contributed by atoms with Gasteiger partial charge in [0.05, 0.1) is 4.90 Å². The van der Waals surface area contributed by atoms with Gasteiger partial charge in [-0.2, -0.15) is 9.56 Å². The third-order valence-corrected chi connectivity index (χ3v) is 12.5. The second kappa shape index (κ2) is 12.9. The minimum atomic E-state index is -4.01. The van der Waals surface area contributed by atoms with E-state index in [1.807, 2.05) is 72.8 Å². The number of hydrogen-bond donors (Lipinski definition) is 3. The predicted octanol–water partition coefficient (Wildman–Crippen LogP) is 6.21. The Kier molecular flexibility index (Phi) is 9.18. The number of hydrogen-bond acceptors (Lipinski definition) is 7. The van der Waals surface area contributed by atoms with Gasteiger partial charge in [-0.3, -0.25) is 9.68 Å². The van der Waals surface area contributed by atoms with Gasteiger partial charge in [0.1, 0.15) is 11.1 Å². The van der Waals surface area contributed by atoms with Crippen LogP contribution in [0.5, 0.6) is 0 Å². The van der Waals surface area contributed by atoms with Gasteiger partial charge in [-0.15, -0.1) is 12.4 Å². The molecule has 48 heavy (non-hydrogen) atoms. The SMILES string of the molecule is Cl.O=C(O)C12NCCC1C2c1ccccc1.O=C(OO)C12C(CCN1S(=O)(=O)c1ccc(-c3ccc(Cl)cc3)cc1)C2c1ccccc1. The van der Waals surface area contributed by atoms with Crippen molar-refractivity contribution in [1.82, 2.24) is 9.62 Å². The highest BCUT2D eigenvalue weighted by Crippen LogP contribution is 2.68. The van der Waals surface area contributed by atoms with E-state index in [0.29, 0.717) is 11.4 Å². The molecule has 12 heteroatoms. The van der Waals surface area contributed by atoms with Crippen LogP contribution in [0.4, 0.5) is 0 Å². The Labute approximate surface area is 289 Å². The number of fused-ring (bicyclic) bond motifs is 2. The van der Waals surface area contributed by atoms with Gasteiger partial charge in [-0.25, -0.2) is 13.2 Å². The molecule has 9 nitrogen and oxygen atoms in total. The summed E-state index contributed by atoms with van der Waals surface area (Å²) >= 11 is 5.94. The Morgan fingerprint density at radius 3 is 1.85 bits per heavy atom. The van der Waals surface area contributed by atoms with E-state index in [2.05, 4.69) is 10.2 Å². The second-order valence-electron chi connectivity index (χ2n) is 12.5. The minimum Gasteiger partial charge on any atom is -0.480 e. The number of aliphatic carboxylic acids is 1. The zero-order chi connectivity index (χ0) is 33.0. The van der Waals surface area contributed by atoms with E-state index >= 15 is 0 Å². The smallest absolute Gasteiger partial charge is 0.364 e. The molecule has 0 bridgehead atoms. The Morgan fingerprint density at radius 2 is 1.33 bits per heavy atom. The number of nitrogens with one attached hydrogen (secondary N) is 1. The summed E-state index contributed by atoms with van der Waals surface area (Å²) in [6.45, 7) is 1.02. The number of sulfonamides is 1. The van der Waals surface area contributed by atoms with Crippen LogP contribution in [0.15, 0.2) is 114 Å². The van der Waals surface area contributed by atoms with Gasteiger partial charge in [0.15, 0.2) is 0 Å². The molecule has 0 amide bonds. The zero-order valence-corrected chi connectivity index (χ0v) is 28.0. The number of piperidine rings is 2. The molecule has 2 saturated carbocycles. The van der Waals surface area contributed by atoms with Gasteiger partial charge in [-0.1, -0.05) is 96.5 Å². The molecule has 8 rings (SSSR count). The molecule has 0 aromatic heterocycles. The Hall–Kier alpha value is -3.77. The largest absolute Gasteiger partial charge is 0.480 e. The molecule has 0 radical (unpaired) electrons. The van der Waals surface area contributed by atoms with E-state index in [0.717, 1.165) is 35.2 Å². The van der Waals surface area contributed by atoms with Crippen molar-refractivity contribution in [2.24, 2.45) is 11.8 Å². The molecule has 3 N–H and O–H groups in total. The molecule has 4 aromatic rings. The third kappa shape index (κ3) is 5.31. The van der Waals surface area contributed by atoms with E-state index in [4.69, 9.17) is 11.6 Å². The quantitative estimate of drug-likeness (QED) is 0.153. The van der Waals surface area contributed by atoms with Crippen LogP contribution < -0.4 is 5.32 Å². The van der Waals surface area contributed by atoms with Gasteiger partial charge in [0, 0.05) is 29.3 Å². The lowest BCUT2D eigenvalue weighted by Crippen LogP contribution is -2.47. The first-order valence-corrected chi connectivity index (χ1v) is 17.3. The van der Waals surface area contributed by atoms with Crippen LogP contribution in [0.1, 0.15) is 35.8 Å². The summed E-state index contributed by atoms with van der Waals surface area (Å²) in [6, 6.07) is 33.0. The molecule has 2 aliphatic heterocycles. The molecule has 250 valence electrons. The molecule has 2 saturated heterocycles. The molecule has 4 aromatic carbocycles. The number of carbonyl (C=O) groups excluding carboxylic acids is 1. The topological polar surface area (TPSA) is 133 Å². The van der Waals surface area contributed by atoms with Crippen LogP contribution in [0.3, 0.4) is 0 Å². The van der Waals surface area contributed by atoms with E-state index in [1.54, 1.807) is 24.3 Å². The number of rotatable bonds is 7. The van der Waals surface area contributed by atoms with Crippen molar-refractivity contribution >= 4 is 46.0 Å². The number of benzene rings is 4. The average molecular weight is 710 g/mol. The maximum Gasteiger partial charge on any atom is 0.364 e. The van der Waals surface area contributed by atoms with Crippen LogP contribution in [-0.2, 0) is 24.5 Å².